The number of carboxylic acid groups (broad SMARTS) is 3. The average Bonchev–Trinajstić information content (AvgIpc) is 2.35. The lowest BCUT2D eigenvalue weighted by Gasteiger charge is -2.12. The molecule has 1 atom stereocenters. The average molecular weight is 284 g/mol. The second-order valence-corrected chi connectivity index (χ2v) is 3.88. The SMILES string of the molecule is O=C(O)CC(OCc1cc(C(=O)O)ccc1O)C(=O)O. The van der Waals surface area contributed by atoms with Gasteiger partial charge in [0, 0.05) is 5.56 Å². The first-order valence-electron chi connectivity index (χ1n) is 5.42. The number of aliphatic carboxylic acids is 2. The second kappa shape index (κ2) is 6.53. The number of hydrogen-bond donors (Lipinski definition) is 4. The third-order valence-electron chi connectivity index (χ3n) is 2.40. The van der Waals surface area contributed by atoms with E-state index in [9.17, 15) is 19.5 Å². The first-order valence-corrected chi connectivity index (χ1v) is 5.42. The fraction of sp³-hybridized carbons (Fsp3) is 0.250. The van der Waals surface area contributed by atoms with Crippen LogP contribution < -0.4 is 0 Å². The molecule has 8 nitrogen and oxygen atoms in total. The highest BCUT2D eigenvalue weighted by Crippen LogP contribution is 2.20. The maximum atomic E-state index is 10.8. The van der Waals surface area contributed by atoms with Crippen LogP contribution in [0.4, 0.5) is 0 Å². The van der Waals surface area contributed by atoms with E-state index in [1.54, 1.807) is 0 Å². The van der Waals surface area contributed by atoms with E-state index < -0.39 is 37.0 Å². The molecule has 0 bridgehead atoms. The summed E-state index contributed by atoms with van der Waals surface area (Å²) in [4.78, 5) is 32.0. The van der Waals surface area contributed by atoms with Crippen LogP contribution in [0.1, 0.15) is 22.3 Å². The maximum absolute atomic E-state index is 10.8. The first-order chi connectivity index (χ1) is 9.31. The van der Waals surface area contributed by atoms with Gasteiger partial charge in [0.1, 0.15) is 5.75 Å². The van der Waals surface area contributed by atoms with Gasteiger partial charge in [-0.1, -0.05) is 0 Å². The fourth-order valence-electron chi connectivity index (χ4n) is 1.40. The van der Waals surface area contributed by atoms with Crippen LogP contribution in [0, 0.1) is 0 Å². The molecule has 0 radical (unpaired) electrons. The Labute approximate surface area is 112 Å². The van der Waals surface area contributed by atoms with Crippen LogP contribution in [-0.4, -0.2) is 44.4 Å². The molecule has 0 aliphatic rings. The van der Waals surface area contributed by atoms with Gasteiger partial charge in [0.2, 0.25) is 0 Å². The molecule has 0 aliphatic carbocycles. The summed E-state index contributed by atoms with van der Waals surface area (Å²) in [5.74, 6) is -4.29. The molecule has 0 fully saturated rings. The summed E-state index contributed by atoms with van der Waals surface area (Å²) < 4.78 is 4.88. The predicted molar refractivity (Wildman–Crippen MR) is 63.5 cm³/mol. The zero-order valence-corrected chi connectivity index (χ0v) is 10.1. The largest absolute Gasteiger partial charge is 0.508 e. The Bertz CT molecular complexity index is 536. The van der Waals surface area contributed by atoms with Crippen LogP contribution in [-0.2, 0) is 20.9 Å². The minimum atomic E-state index is -1.58. The molecular formula is C12H12O8. The molecule has 0 aliphatic heterocycles. The van der Waals surface area contributed by atoms with Gasteiger partial charge in [-0.15, -0.1) is 0 Å². The molecule has 0 spiro atoms. The third kappa shape index (κ3) is 4.25. The Morgan fingerprint density at radius 3 is 2.30 bits per heavy atom. The highest BCUT2D eigenvalue weighted by Gasteiger charge is 2.22. The van der Waals surface area contributed by atoms with Crippen molar-refractivity contribution in [3.63, 3.8) is 0 Å². The Morgan fingerprint density at radius 1 is 1.15 bits per heavy atom. The smallest absolute Gasteiger partial charge is 0.335 e. The molecule has 0 heterocycles. The highest BCUT2D eigenvalue weighted by atomic mass is 16.5. The summed E-state index contributed by atoms with van der Waals surface area (Å²) in [5, 5.41) is 35.6. The number of rotatable bonds is 7. The maximum Gasteiger partial charge on any atom is 0.335 e. The van der Waals surface area contributed by atoms with E-state index in [0.29, 0.717) is 0 Å². The zero-order valence-electron chi connectivity index (χ0n) is 10.1. The lowest BCUT2D eigenvalue weighted by molar-refractivity contribution is -0.157. The lowest BCUT2D eigenvalue weighted by atomic mass is 10.1. The van der Waals surface area contributed by atoms with E-state index in [1.165, 1.54) is 6.07 Å². The van der Waals surface area contributed by atoms with Crippen LogP contribution in [0.5, 0.6) is 5.75 Å². The van der Waals surface area contributed by atoms with Crippen LogP contribution in [0.3, 0.4) is 0 Å². The monoisotopic (exact) mass is 284 g/mol. The standard InChI is InChI=1S/C12H12O8/c13-8-2-1-6(11(16)17)3-7(8)5-20-9(12(18)19)4-10(14)15/h1-3,9,13H,4-5H2,(H,14,15)(H,16,17)(H,18,19). The molecule has 0 amide bonds. The topological polar surface area (TPSA) is 141 Å². The fourth-order valence-corrected chi connectivity index (χ4v) is 1.40. The molecule has 0 aromatic heterocycles. The molecular weight excluding hydrogens is 272 g/mol. The zero-order chi connectivity index (χ0) is 15.3. The highest BCUT2D eigenvalue weighted by molar-refractivity contribution is 5.88. The number of aromatic hydroxyl groups is 1. The molecule has 4 N–H and O–H groups in total. The normalized spacial score (nSPS) is 11.8. The van der Waals surface area contributed by atoms with Gasteiger partial charge in [-0.3, -0.25) is 4.79 Å². The van der Waals surface area contributed by atoms with Gasteiger partial charge in [0.15, 0.2) is 6.10 Å². The Balaban J connectivity index is 2.81. The molecule has 1 rings (SSSR count). The van der Waals surface area contributed by atoms with Crippen molar-refractivity contribution in [1.29, 1.82) is 0 Å². The van der Waals surface area contributed by atoms with Crippen LogP contribution in [0.2, 0.25) is 0 Å². The van der Waals surface area contributed by atoms with Crippen LogP contribution in [0.15, 0.2) is 18.2 Å². The number of ether oxygens (including phenoxy) is 1. The van der Waals surface area contributed by atoms with Crippen LogP contribution >= 0.6 is 0 Å². The van der Waals surface area contributed by atoms with Crippen LogP contribution in [0.25, 0.3) is 0 Å². The van der Waals surface area contributed by atoms with Gasteiger partial charge in [-0.05, 0) is 18.2 Å². The third-order valence-corrected chi connectivity index (χ3v) is 2.40. The van der Waals surface area contributed by atoms with Crippen molar-refractivity contribution < 1.29 is 39.5 Å². The minimum absolute atomic E-state index is 0.0570. The summed E-state index contributed by atoms with van der Waals surface area (Å²) in [6.07, 6.45) is -2.32. The number of aromatic carboxylic acids is 1. The van der Waals surface area contributed by atoms with Crippen molar-refractivity contribution >= 4 is 17.9 Å². The van der Waals surface area contributed by atoms with Gasteiger partial charge in [0.25, 0.3) is 0 Å². The molecule has 1 aromatic carbocycles. The van der Waals surface area contributed by atoms with E-state index in [2.05, 4.69) is 0 Å². The van der Waals surface area contributed by atoms with Crippen molar-refractivity contribution in [1.82, 2.24) is 0 Å². The molecule has 0 saturated heterocycles. The molecule has 108 valence electrons. The number of phenolic OH excluding ortho intramolecular Hbond substituents is 1. The Hall–Kier alpha value is -2.61. The first kappa shape index (κ1) is 15.4. The molecule has 20 heavy (non-hydrogen) atoms. The quantitative estimate of drug-likeness (QED) is 0.568. The van der Waals surface area contributed by atoms with Crippen molar-refractivity contribution in [2.24, 2.45) is 0 Å². The minimum Gasteiger partial charge on any atom is -0.508 e. The summed E-state index contributed by atoms with van der Waals surface area (Å²) >= 11 is 0. The van der Waals surface area contributed by atoms with Crippen molar-refractivity contribution in [2.75, 3.05) is 0 Å². The van der Waals surface area contributed by atoms with E-state index in [4.69, 9.17) is 20.1 Å². The van der Waals surface area contributed by atoms with Gasteiger partial charge in [-0.2, -0.15) is 0 Å². The molecule has 8 heteroatoms. The van der Waals surface area contributed by atoms with Gasteiger partial charge in [-0.25, -0.2) is 9.59 Å². The lowest BCUT2D eigenvalue weighted by Crippen LogP contribution is -2.26. The number of phenols is 1. The van der Waals surface area contributed by atoms with Gasteiger partial charge in [0.05, 0.1) is 18.6 Å². The molecule has 1 unspecified atom stereocenters. The summed E-state index contributed by atoms with van der Waals surface area (Å²) in [6.45, 7) is -0.419. The van der Waals surface area contributed by atoms with Crippen molar-refractivity contribution in [3.05, 3.63) is 29.3 Å². The van der Waals surface area contributed by atoms with Crippen molar-refractivity contribution in [2.45, 2.75) is 19.1 Å². The summed E-state index contributed by atoms with van der Waals surface area (Å²) in [7, 11) is 0. The van der Waals surface area contributed by atoms with E-state index in [1.807, 2.05) is 0 Å². The Kier molecular flexibility index (Phi) is 5.04. The molecule has 1 aromatic rings. The van der Waals surface area contributed by atoms with Crippen molar-refractivity contribution in [3.8, 4) is 5.75 Å². The van der Waals surface area contributed by atoms with Gasteiger partial charge < -0.3 is 25.2 Å². The number of carboxylic acids is 3. The predicted octanol–water partition coefficient (Wildman–Crippen LogP) is 0.535. The second-order valence-electron chi connectivity index (χ2n) is 3.88. The summed E-state index contributed by atoms with van der Waals surface area (Å²) in [5.41, 5.74) is -0.0481. The number of hydrogen-bond acceptors (Lipinski definition) is 5. The number of carbonyl (C=O) groups is 3. The van der Waals surface area contributed by atoms with E-state index in [0.717, 1.165) is 12.1 Å². The number of benzene rings is 1. The summed E-state index contributed by atoms with van der Waals surface area (Å²) in [6, 6.07) is 3.43. The molecule has 0 saturated carbocycles. The van der Waals surface area contributed by atoms with E-state index >= 15 is 0 Å². The van der Waals surface area contributed by atoms with E-state index in [-0.39, 0.29) is 16.9 Å². The Morgan fingerprint density at radius 2 is 1.80 bits per heavy atom. The van der Waals surface area contributed by atoms with Gasteiger partial charge >= 0.3 is 17.9 Å².